The van der Waals surface area contributed by atoms with Crippen LogP contribution in [0.3, 0.4) is 0 Å². The Balaban J connectivity index is 0.000000281. The summed E-state index contributed by atoms with van der Waals surface area (Å²) in [6.07, 6.45) is 0. The van der Waals surface area contributed by atoms with E-state index in [9.17, 15) is 33.7 Å². The third kappa shape index (κ3) is 11.4. The lowest BCUT2D eigenvalue weighted by Gasteiger charge is -2.25. The fourth-order valence-corrected chi connectivity index (χ4v) is 12.1. The van der Waals surface area contributed by atoms with Gasteiger partial charge in [0.05, 0.1) is 19.6 Å². The van der Waals surface area contributed by atoms with E-state index in [0.717, 1.165) is 48.3 Å². The van der Waals surface area contributed by atoms with Crippen LogP contribution in [0, 0.1) is 27.7 Å². The summed E-state index contributed by atoms with van der Waals surface area (Å²) in [5, 5.41) is 6.44. The van der Waals surface area contributed by atoms with Gasteiger partial charge in [0.25, 0.3) is 0 Å². The Labute approximate surface area is 345 Å². The van der Waals surface area contributed by atoms with Crippen LogP contribution in [0.1, 0.15) is 22.3 Å². The monoisotopic (exact) mass is 874 g/mol. The highest BCUT2D eigenvalue weighted by atomic mass is 32.2. The lowest BCUT2D eigenvalue weighted by atomic mass is 10.2. The lowest BCUT2D eigenvalue weighted by Crippen LogP contribution is -2.41. The van der Waals surface area contributed by atoms with Crippen LogP contribution in [0.4, 0.5) is 0 Å². The number of hydrogen-bond donors (Lipinski definition) is 2. The van der Waals surface area contributed by atoms with Crippen LogP contribution in [-0.4, -0.2) is 129 Å². The quantitative estimate of drug-likeness (QED) is 0.268. The van der Waals surface area contributed by atoms with Crippen molar-refractivity contribution in [3.63, 3.8) is 0 Å². The molecule has 2 aliphatic rings. The number of hydrogen-bond acceptors (Lipinski definition) is 10. The average molecular weight is 875 g/mol. The van der Waals surface area contributed by atoms with E-state index in [4.69, 9.17) is 0 Å². The largest absolute Gasteiger partial charge is 0.314 e. The number of rotatable bonds is 8. The fraction of sp³-hybridized carbons (Fsp3) is 0.400. The first-order valence-electron chi connectivity index (χ1n) is 19.1. The molecule has 0 radical (unpaired) electrons. The van der Waals surface area contributed by atoms with Gasteiger partial charge in [0, 0.05) is 78.5 Å². The van der Waals surface area contributed by atoms with Gasteiger partial charge >= 0.3 is 0 Å². The van der Waals surface area contributed by atoms with Crippen molar-refractivity contribution in [2.24, 2.45) is 0 Å². The maximum atomic E-state index is 13.6. The number of nitrogens with zero attached hydrogens (tertiary/aromatic N) is 4. The molecule has 4 aromatic carbocycles. The van der Waals surface area contributed by atoms with Gasteiger partial charge in [-0.3, -0.25) is 0 Å². The molecule has 2 heterocycles. The van der Waals surface area contributed by atoms with Crippen molar-refractivity contribution in [2.45, 2.75) is 47.3 Å². The Hall–Kier alpha value is -3.56. The third-order valence-corrected chi connectivity index (χ3v) is 17.6. The van der Waals surface area contributed by atoms with E-state index in [1.807, 2.05) is 39.8 Å². The second kappa shape index (κ2) is 19.7. The van der Waals surface area contributed by atoms with Gasteiger partial charge in [0.15, 0.2) is 0 Å². The van der Waals surface area contributed by atoms with Crippen molar-refractivity contribution in [3.05, 3.63) is 119 Å². The number of nitrogens with one attached hydrogen (secondary N) is 2. The highest BCUT2D eigenvalue weighted by Crippen LogP contribution is 2.23. The van der Waals surface area contributed by atoms with Crippen LogP contribution in [-0.2, 0) is 40.1 Å². The molecule has 14 nitrogen and oxygen atoms in total. The molecule has 2 fully saturated rings. The van der Waals surface area contributed by atoms with E-state index in [1.54, 1.807) is 52.8 Å². The number of aryl methyl sites for hydroxylation is 4. The maximum Gasteiger partial charge on any atom is 0.243 e. The van der Waals surface area contributed by atoms with Crippen LogP contribution in [0.2, 0.25) is 0 Å². The molecule has 2 N–H and O–H groups in total. The Morgan fingerprint density at radius 1 is 0.310 bits per heavy atom. The lowest BCUT2D eigenvalue weighted by molar-refractivity contribution is 0.365. The van der Waals surface area contributed by atoms with E-state index >= 15 is 0 Å². The number of sulfonamides is 4. The van der Waals surface area contributed by atoms with Crippen LogP contribution < -0.4 is 10.6 Å². The first kappa shape index (κ1) is 45.5. The molecule has 4 aromatic rings. The van der Waals surface area contributed by atoms with E-state index in [2.05, 4.69) is 10.6 Å². The molecule has 0 aliphatic carbocycles. The molecule has 18 heteroatoms. The maximum absolute atomic E-state index is 13.6. The summed E-state index contributed by atoms with van der Waals surface area (Å²) in [4.78, 5) is 0.562. The molecule has 6 rings (SSSR count). The summed E-state index contributed by atoms with van der Waals surface area (Å²) in [5.74, 6) is 0. The molecule has 2 aliphatic heterocycles. The molecule has 0 spiro atoms. The van der Waals surface area contributed by atoms with E-state index in [1.165, 1.54) is 36.4 Å². The topological polar surface area (TPSA) is 174 Å². The normalized spacial score (nSPS) is 18.0. The van der Waals surface area contributed by atoms with Gasteiger partial charge in [-0.1, -0.05) is 70.8 Å². The minimum absolute atomic E-state index is 0.0632. The molecule has 2 saturated heterocycles. The third-order valence-electron chi connectivity index (χ3n) is 9.99. The minimum Gasteiger partial charge on any atom is -0.314 e. The van der Waals surface area contributed by atoms with Crippen molar-refractivity contribution >= 4 is 40.1 Å². The second-order valence-corrected chi connectivity index (χ2v) is 22.1. The first-order valence-corrected chi connectivity index (χ1v) is 24.9. The highest BCUT2D eigenvalue weighted by molar-refractivity contribution is 7.90. The Morgan fingerprint density at radius 3 is 0.707 bits per heavy atom. The predicted molar refractivity (Wildman–Crippen MR) is 225 cm³/mol. The molecule has 0 unspecified atom stereocenters. The number of benzene rings is 4. The van der Waals surface area contributed by atoms with Gasteiger partial charge in [-0.25, -0.2) is 33.7 Å². The smallest absolute Gasteiger partial charge is 0.243 e. The summed E-state index contributed by atoms with van der Waals surface area (Å²) >= 11 is 0. The summed E-state index contributed by atoms with van der Waals surface area (Å²) in [5.41, 5.74) is 3.74. The molecular weight excluding hydrogens is 821 g/mol. The molecule has 316 valence electrons. The zero-order chi connectivity index (χ0) is 42.1. The molecule has 0 aromatic heterocycles. The van der Waals surface area contributed by atoms with Gasteiger partial charge < -0.3 is 10.6 Å². The van der Waals surface area contributed by atoms with Crippen LogP contribution >= 0.6 is 0 Å². The predicted octanol–water partition coefficient (Wildman–Crippen LogP) is 3.18. The summed E-state index contributed by atoms with van der Waals surface area (Å²) < 4.78 is 112. The van der Waals surface area contributed by atoms with E-state index in [-0.39, 0.29) is 54.0 Å². The van der Waals surface area contributed by atoms with Crippen LogP contribution in [0.15, 0.2) is 117 Å². The van der Waals surface area contributed by atoms with E-state index < -0.39 is 40.1 Å². The summed E-state index contributed by atoms with van der Waals surface area (Å²) in [7, 11) is -15.4. The van der Waals surface area contributed by atoms with Gasteiger partial charge in [0.2, 0.25) is 40.1 Å². The molecule has 0 bridgehead atoms. The summed E-state index contributed by atoms with van der Waals surface area (Å²) in [6.45, 7) is 10.9. The first-order chi connectivity index (χ1) is 27.4. The van der Waals surface area contributed by atoms with Gasteiger partial charge in [-0.15, -0.1) is 0 Å². The van der Waals surface area contributed by atoms with Crippen molar-refractivity contribution in [1.29, 1.82) is 0 Å². The SMILES string of the molecule is Cc1ccc(S(=O)(=O)N2CCN(S(=O)(=O)c3ccc(C)cc3)CCN(S(=O)(=O)c3ccc(C)cc3)CC2)cc1.Cc1ccc(S(=O)(=O)N2CCNCCNCC2)cc1. The van der Waals surface area contributed by atoms with Gasteiger partial charge in [-0.05, 0) is 76.2 Å². The minimum atomic E-state index is -4.02. The highest BCUT2D eigenvalue weighted by Gasteiger charge is 2.34. The second-order valence-electron chi connectivity index (χ2n) is 14.4. The molecule has 0 amide bonds. The zero-order valence-electron chi connectivity index (χ0n) is 33.4. The molecular formula is C40H54N6O8S4. The molecule has 58 heavy (non-hydrogen) atoms. The van der Waals surface area contributed by atoms with Gasteiger partial charge in [-0.2, -0.15) is 17.2 Å². The van der Waals surface area contributed by atoms with E-state index in [0.29, 0.717) is 31.1 Å². The van der Waals surface area contributed by atoms with Crippen LogP contribution in [0.25, 0.3) is 0 Å². The van der Waals surface area contributed by atoms with Crippen molar-refractivity contribution < 1.29 is 33.7 Å². The molecule has 0 atom stereocenters. The molecule has 0 saturated carbocycles. The van der Waals surface area contributed by atoms with Gasteiger partial charge in [0.1, 0.15) is 0 Å². The van der Waals surface area contributed by atoms with Crippen LogP contribution in [0.5, 0.6) is 0 Å². The Morgan fingerprint density at radius 2 is 0.500 bits per heavy atom. The van der Waals surface area contributed by atoms with Crippen molar-refractivity contribution in [2.75, 3.05) is 78.5 Å². The average Bonchev–Trinajstić information content (AvgIpc) is 3.41. The summed E-state index contributed by atoms with van der Waals surface area (Å²) in [6, 6.07) is 26.1. The van der Waals surface area contributed by atoms with Crippen molar-refractivity contribution in [3.8, 4) is 0 Å². The Bertz CT molecular complexity index is 2190. The fourth-order valence-electron chi connectivity index (χ4n) is 6.35. The van der Waals surface area contributed by atoms with Crippen molar-refractivity contribution in [1.82, 2.24) is 27.9 Å². The zero-order valence-corrected chi connectivity index (χ0v) is 36.7. The standard InChI is InChI=1S/C27H33N3O6S3.C13H21N3O2S/c1-22-4-10-25(11-5-22)37(31,32)28-16-18-29(38(33,34)26-12-6-23(2)7-13-26)20-21-30(19-17-28)39(35,36)27-14-8-24(3)9-15-27;1-12-2-4-13(5-3-12)19(17,18)16-10-8-14-6-7-15-9-11-16/h4-15H,16-21H2,1-3H3;2-5,14-15H,6-11H2,1H3. The Kier molecular flexibility index (Phi) is 15.4.